The highest BCUT2D eigenvalue weighted by molar-refractivity contribution is 8.00. The summed E-state index contributed by atoms with van der Waals surface area (Å²) >= 11 is 1.39. The number of amides is 1. The third-order valence-electron chi connectivity index (χ3n) is 3.94. The lowest BCUT2D eigenvalue weighted by atomic mass is 10.2. The number of nitrogens with one attached hydrogen (secondary N) is 1. The SMILES string of the molecule is O=C1NCCCC[C@H]1Sc1nnnn1-c1ccc2c(c1)OCCO2. The lowest BCUT2D eigenvalue weighted by molar-refractivity contribution is -0.120. The minimum absolute atomic E-state index is 0.0502. The number of hydrogen-bond donors (Lipinski definition) is 1. The number of rotatable bonds is 3. The highest BCUT2D eigenvalue weighted by atomic mass is 32.2. The van der Waals surface area contributed by atoms with Crippen molar-refractivity contribution in [2.24, 2.45) is 0 Å². The second kappa shape index (κ2) is 6.68. The fourth-order valence-electron chi connectivity index (χ4n) is 2.73. The molecular weight excluding hydrogens is 330 g/mol. The molecule has 0 radical (unpaired) electrons. The molecule has 0 aliphatic carbocycles. The van der Waals surface area contributed by atoms with Gasteiger partial charge in [0.1, 0.15) is 13.2 Å². The summed E-state index contributed by atoms with van der Waals surface area (Å²) in [4.78, 5) is 12.1. The summed E-state index contributed by atoms with van der Waals surface area (Å²) in [5.41, 5.74) is 0.779. The summed E-state index contributed by atoms with van der Waals surface area (Å²) in [7, 11) is 0. The van der Waals surface area contributed by atoms with Gasteiger partial charge in [0, 0.05) is 12.6 Å². The van der Waals surface area contributed by atoms with Crippen molar-refractivity contribution in [1.29, 1.82) is 0 Å². The predicted octanol–water partition coefficient (Wildman–Crippen LogP) is 1.19. The van der Waals surface area contributed by atoms with Crippen LogP contribution in [-0.2, 0) is 4.79 Å². The molecular formula is C15H17N5O3S. The zero-order valence-corrected chi connectivity index (χ0v) is 13.8. The third kappa shape index (κ3) is 3.03. The minimum atomic E-state index is -0.172. The molecule has 2 aromatic rings. The van der Waals surface area contributed by atoms with Crippen molar-refractivity contribution in [2.45, 2.75) is 29.7 Å². The third-order valence-corrected chi connectivity index (χ3v) is 5.14. The Kier molecular flexibility index (Phi) is 4.24. The molecule has 3 heterocycles. The van der Waals surface area contributed by atoms with Crippen LogP contribution in [0.2, 0.25) is 0 Å². The van der Waals surface area contributed by atoms with Crippen LogP contribution in [0.4, 0.5) is 0 Å². The smallest absolute Gasteiger partial charge is 0.233 e. The fourth-order valence-corrected chi connectivity index (χ4v) is 3.78. The molecule has 0 bridgehead atoms. The Labute approximate surface area is 142 Å². The van der Waals surface area contributed by atoms with Crippen molar-refractivity contribution in [3.8, 4) is 17.2 Å². The van der Waals surface area contributed by atoms with Crippen LogP contribution in [0, 0.1) is 0 Å². The van der Waals surface area contributed by atoms with E-state index in [0.29, 0.717) is 24.1 Å². The van der Waals surface area contributed by atoms with Crippen LogP contribution in [0.5, 0.6) is 11.5 Å². The first kappa shape index (κ1) is 15.3. The molecule has 1 aromatic heterocycles. The molecule has 1 saturated heterocycles. The number of aromatic nitrogens is 4. The van der Waals surface area contributed by atoms with Gasteiger partial charge >= 0.3 is 0 Å². The van der Waals surface area contributed by atoms with Crippen LogP contribution in [0.25, 0.3) is 5.69 Å². The summed E-state index contributed by atoms with van der Waals surface area (Å²) in [6.07, 6.45) is 2.85. The van der Waals surface area contributed by atoms with Gasteiger partial charge in [0.25, 0.3) is 0 Å². The maximum Gasteiger partial charge on any atom is 0.233 e. The number of carbonyl (C=O) groups excluding carboxylic acids is 1. The number of carbonyl (C=O) groups is 1. The fraction of sp³-hybridized carbons (Fsp3) is 0.467. The van der Waals surface area contributed by atoms with Gasteiger partial charge in [-0.3, -0.25) is 4.79 Å². The number of hydrogen-bond acceptors (Lipinski definition) is 7. The average Bonchev–Trinajstić information content (AvgIpc) is 2.98. The van der Waals surface area contributed by atoms with Crippen LogP contribution in [0.15, 0.2) is 23.4 Å². The number of fused-ring (bicyclic) bond motifs is 1. The zero-order valence-electron chi connectivity index (χ0n) is 13.0. The topological polar surface area (TPSA) is 91.2 Å². The lowest BCUT2D eigenvalue weighted by Crippen LogP contribution is -2.30. The molecule has 0 saturated carbocycles. The second-order valence-electron chi connectivity index (χ2n) is 5.59. The number of benzene rings is 1. The molecule has 1 atom stereocenters. The summed E-state index contributed by atoms with van der Waals surface area (Å²) in [6.45, 7) is 1.81. The molecule has 1 fully saturated rings. The van der Waals surface area contributed by atoms with Crippen LogP contribution < -0.4 is 14.8 Å². The van der Waals surface area contributed by atoms with Gasteiger partial charge in [0.2, 0.25) is 11.1 Å². The molecule has 0 unspecified atom stereocenters. The summed E-state index contributed by atoms with van der Waals surface area (Å²) in [5.74, 6) is 1.45. The first-order valence-corrected chi connectivity index (χ1v) is 8.82. The Morgan fingerprint density at radius 2 is 2.08 bits per heavy atom. The van der Waals surface area contributed by atoms with Crippen LogP contribution in [0.3, 0.4) is 0 Å². The first-order chi connectivity index (χ1) is 11.8. The maximum atomic E-state index is 12.1. The van der Waals surface area contributed by atoms with E-state index in [9.17, 15) is 4.79 Å². The normalized spacial score (nSPS) is 20.3. The summed E-state index contributed by atoms with van der Waals surface area (Å²) in [6, 6.07) is 5.57. The van der Waals surface area contributed by atoms with Crippen molar-refractivity contribution < 1.29 is 14.3 Å². The van der Waals surface area contributed by atoms with Gasteiger partial charge in [0.15, 0.2) is 11.5 Å². The molecule has 24 heavy (non-hydrogen) atoms. The van der Waals surface area contributed by atoms with Gasteiger partial charge in [-0.2, -0.15) is 4.68 Å². The van der Waals surface area contributed by atoms with E-state index in [4.69, 9.17) is 9.47 Å². The molecule has 126 valence electrons. The Hall–Kier alpha value is -2.29. The van der Waals surface area contributed by atoms with E-state index in [1.54, 1.807) is 4.68 Å². The van der Waals surface area contributed by atoms with Crippen molar-refractivity contribution >= 4 is 17.7 Å². The first-order valence-electron chi connectivity index (χ1n) is 7.94. The van der Waals surface area contributed by atoms with Crippen molar-refractivity contribution in [3.05, 3.63) is 18.2 Å². The molecule has 2 aliphatic heterocycles. The van der Waals surface area contributed by atoms with E-state index < -0.39 is 0 Å². The number of ether oxygens (including phenoxy) is 2. The van der Waals surface area contributed by atoms with Gasteiger partial charge in [0.05, 0.1) is 10.9 Å². The van der Waals surface area contributed by atoms with Crippen LogP contribution in [-0.4, -0.2) is 51.1 Å². The van der Waals surface area contributed by atoms with Gasteiger partial charge in [-0.05, 0) is 35.4 Å². The Morgan fingerprint density at radius 3 is 3.00 bits per heavy atom. The van der Waals surface area contributed by atoms with Crippen molar-refractivity contribution in [3.63, 3.8) is 0 Å². The maximum absolute atomic E-state index is 12.1. The molecule has 1 amide bonds. The molecule has 8 nitrogen and oxygen atoms in total. The summed E-state index contributed by atoms with van der Waals surface area (Å²) in [5, 5.41) is 15.2. The molecule has 0 spiro atoms. The van der Waals surface area contributed by atoms with Crippen LogP contribution >= 0.6 is 11.8 Å². The van der Waals surface area contributed by atoms with Gasteiger partial charge in [-0.25, -0.2) is 0 Å². The number of thioether (sulfide) groups is 1. The highest BCUT2D eigenvalue weighted by Crippen LogP contribution is 2.33. The minimum Gasteiger partial charge on any atom is -0.486 e. The monoisotopic (exact) mass is 347 g/mol. The van der Waals surface area contributed by atoms with Crippen molar-refractivity contribution in [2.75, 3.05) is 19.8 Å². The number of nitrogens with zero attached hydrogens (tertiary/aromatic N) is 4. The van der Waals surface area contributed by atoms with E-state index in [2.05, 4.69) is 20.8 Å². The molecule has 9 heteroatoms. The zero-order chi connectivity index (χ0) is 16.4. The van der Waals surface area contributed by atoms with Gasteiger partial charge in [-0.1, -0.05) is 18.2 Å². The van der Waals surface area contributed by atoms with E-state index in [1.165, 1.54) is 11.8 Å². The average molecular weight is 347 g/mol. The van der Waals surface area contributed by atoms with Gasteiger partial charge < -0.3 is 14.8 Å². The quantitative estimate of drug-likeness (QED) is 0.892. The molecule has 1 aromatic carbocycles. The highest BCUT2D eigenvalue weighted by Gasteiger charge is 2.25. The lowest BCUT2D eigenvalue weighted by Gasteiger charge is -2.19. The van der Waals surface area contributed by atoms with E-state index in [-0.39, 0.29) is 11.2 Å². The Morgan fingerprint density at radius 1 is 1.21 bits per heavy atom. The second-order valence-corrected chi connectivity index (χ2v) is 6.76. The van der Waals surface area contributed by atoms with E-state index >= 15 is 0 Å². The Bertz CT molecular complexity index is 750. The van der Waals surface area contributed by atoms with Crippen molar-refractivity contribution in [1.82, 2.24) is 25.5 Å². The molecule has 1 N–H and O–H groups in total. The molecule has 2 aliphatic rings. The predicted molar refractivity (Wildman–Crippen MR) is 86.6 cm³/mol. The number of tetrazole rings is 1. The summed E-state index contributed by atoms with van der Waals surface area (Å²) < 4.78 is 12.8. The largest absolute Gasteiger partial charge is 0.486 e. The Balaban J connectivity index is 1.59. The van der Waals surface area contributed by atoms with E-state index in [0.717, 1.165) is 37.2 Å². The van der Waals surface area contributed by atoms with Gasteiger partial charge in [-0.15, -0.1) is 5.10 Å². The molecule has 4 rings (SSSR count). The van der Waals surface area contributed by atoms with E-state index in [1.807, 2.05) is 18.2 Å². The standard InChI is InChI=1S/C15H17N5O3S/c21-14-13(3-1-2-6-16-14)24-15-17-18-19-20(15)10-4-5-11-12(9-10)23-8-7-22-11/h4-5,9,13H,1-3,6-8H2,(H,16,21)/t13-/m1/s1. The van der Waals surface area contributed by atoms with Crippen LogP contribution in [0.1, 0.15) is 19.3 Å².